The molecule has 0 spiro atoms. The minimum Gasteiger partial charge on any atom is -0.493 e. The number of nitrogens with zero attached hydrogens (tertiary/aromatic N) is 1. The van der Waals surface area contributed by atoms with Gasteiger partial charge in [-0.1, -0.05) is 41.4 Å². The summed E-state index contributed by atoms with van der Waals surface area (Å²) < 4.78 is 22.0. The van der Waals surface area contributed by atoms with Crippen molar-refractivity contribution in [3.8, 4) is 23.0 Å². The van der Waals surface area contributed by atoms with E-state index in [9.17, 15) is 4.79 Å². The summed E-state index contributed by atoms with van der Waals surface area (Å²) in [5, 5.41) is 4.97. The molecule has 0 saturated carbocycles. The molecule has 3 aromatic carbocycles. The Labute approximate surface area is 208 Å². The molecular formula is C25H24Cl2N2O5. The van der Waals surface area contributed by atoms with Gasteiger partial charge in [-0.05, 0) is 48.9 Å². The summed E-state index contributed by atoms with van der Waals surface area (Å²) >= 11 is 12.7. The Morgan fingerprint density at radius 1 is 0.941 bits per heavy atom. The maximum absolute atomic E-state index is 12.4. The Kier molecular flexibility index (Phi) is 9.01. The van der Waals surface area contributed by atoms with E-state index in [0.29, 0.717) is 50.8 Å². The Morgan fingerprint density at radius 2 is 1.71 bits per heavy atom. The van der Waals surface area contributed by atoms with Gasteiger partial charge >= 0.3 is 0 Å². The highest BCUT2D eigenvalue weighted by Crippen LogP contribution is 2.37. The molecule has 34 heavy (non-hydrogen) atoms. The van der Waals surface area contributed by atoms with Gasteiger partial charge in [-0.25, -0.2) is 5.43 Å². The van der Waals surface area contributed by atoms with Gasteiger partial charge in [0.1, 0.15) is 6.61 Å². The number of rotatable bonds is 10. The van der Waals surface area contributed by atoms with Crippen molar-refractivity contribution in [3.63, 3.8) is 0 Å². The third-order valence-corrected chi connectivity index (χ3v) is 5.34. The zero-order valence-corrected chi connectivity index (χ0v) is 20.4. The van der Waals surface area contributed by atoms with Gasteiger partial charge in [0.15, 0.2) is 23.0 Å². The van der Waals surface area contributed by atoms with Gasteiger partial charge in [0, 0.05) is 16.1 Å². The van der Waals surface area contributed by atoms with E-state index in [2.05, 4.69) is 10.5 Å². The first-order valence-electron chi connectivity index (χ1n) is 10.3. The third-order valence-electron chi connectivity index (χ3n) is 4.69. The molecule has 0 aromatic heterocycles. The minimum atomic E-state index is -0.409. The van der Waals surface area contributed by atoms with Crippen molar-refractivity contribution in [1.29, 1.82) is 0 Å². The Balaban J connectivity index is 1.73. The first kappa shape index (κ1) is 25.2. The summed E-state index contributed by atoms with van der Waals surface area (Å²) in [6.07, 6.45) is 1.46. The summed E-state index contributed by atoms with van der Waals surface area (Å²) in [5.41, 5.74) is 4.29. The smallest absolute Gasteiger partial charge is 0.271 e. The van der Waals surface area contributed by atoms with Crippen molar-refractivity contribution in [2.45, 2.75) is 13.5 Å². The van der Waals surface area contributed by atoms with Crippen LogP contribution in [-0.2, 0) is 6.61 Å². The Hall–Kier alpha value is -3.42. The number of benzene rings is 3. The average Bonchev–Trinajstić information content (AvgIpc) is 2.84. The van der Waals surface area contributed by atoms with Crippen LogP contribution in [-0.4, -0.2) is 32.9 Å². The molecule has 0 radical (unpaired) electrons. The largest absolute Gasteiger partial charge is 0.493 e. The molecule has 0 unspecified atom stereocenters. The van der Waals surface area contributed by atoms with Gasteiger partial charge in [0.25, 0.3) is 5.91 Å². The highest BCUT2D eigenvalue weighted by atomic mass is 35.5. The number of hydrogen-bond donors (Lipinski definition) is 1. The van der Waals surface area contributed by atoms with Crippen LogP contribution in [0.5, 0.6) is 23.0 Å². The van der Waals surface area contributed by atoms with Gasteiger partial charge in [-0.2, -0.15) is 5.10 Å². The Morgan fingerprint density at radius 3 is 2.41 bits per heavy atom. The third kappa shape index (κ3) is 6.34. The minimum absolute atomic E-state index is 0.230. The van der Waals surface area contributed by atoms with E-state index in [-0.39, 0.29) is 6.61 Å². The molecule has 0 fully saturated rings. The fraction of sp³-hybridized carbons (Fsp3) is 0.200. The van der Waals surface area contributed by atoms with Crippen molar-refractivity contribution in [3.05, 3.63) is 81.3 Å². The van der Waals surface area contributed by atoms with E-state index in [1.165, 1.54) is 20.4 Å². The molecule has 178 valence electrons. The first-order valence-corrected chi connectivity index (χ1v) is 11.1. The van der Waals surface area contributed by atoms with E-state index in [1.807, 2.05) is 25.1 Å². The van der Waals surface area contributed by atoms with Crippen LogP contribution in [0.3, 0.4) is 0 Å². The molecule has 9 heteroatoms. The molecule has 0 bridgehead atoms. The van der Waals surface area contributed by atoms with Crippen LogP contribution in [0, 0.1) is 0 Å². The lowest BCUT2D eigenvalue weighted by Crippen LogP contribution is -2.17. The molecule has 0 atom stereocenters. The van der Waals surface area contributed by atoms with E-state index in [4.69, 9.17) is 42.1 Å². The van der Waals surface area contributed by atoms with Crippen molar-refractivity contribution < 1.29 is 23.7 Å². The van der Waals surface area contributed by atoms with E-state index in [0.717, 1.165) is 5.56 Å². The van der Waals surface area contributed by atoms with Crippen LogP contribution in [0.2, 0.25) is 10.0 Å². The average molecular weight is 503 g/mol. The van der Waals surface area contributed by atoms with Crippen LogP contribution in [0.15, 0.2) is 59.7 Å². The molecule has 0 saturated heterocycles. The lowest BCUT2D eigenvalue weighted by atomic mass is 10.2. The zero-order valence-electron chi connectivity index (χ0n) is 18.9. The van der Waals surface area contributed by atoms with Crippen LogP contribution in [0.25, 0.3) is 0 Å². The van der Waals surface area contributed by atoms with E-state index >= 15 is 0 Å². The predicted molar refractivity (Wildman–Crippen MR) is 133 cm³/mol. The van der Waals surface area contributed by atoms with Crippen molar-refractivity contribution in [1.82, 2.24) is 5.43 Å². The van der Waals surface area contributed by atoms with E-state index < -0.39 is 5.91 Å². The second kappa shape index (κ2) is 12.2. The lowest BCUT2D eigenvalue weighted by molar-refractivity contribution is 0.0954. The second-order valence-corrected chi connectivity index (χ2v) is 7.73. The zero-order chi connectivity index (χ0) is 24.5. The highest BCUT2D eigenvalue weighted by molar-refractivity contribution is 6.32. The van der Waals surface area contributed by atoms with Crippen LogP contribution in [0.1, 0.15) is 28.4 Å². The predicted octanol–water partition coefficient (Wildman–Crippen LogP) is 5.75. The van der Waals surface area contributed by atoms with Crippen molar-refractivity contribution in [2.24, 2.45) is 5.10 Å². The number of carbonyl (C=O) groups is 1. The quantitative estimate of drug-likeness (QED) is 0.282. The molecule has 0 aliphatic rings. The van der Waals surface area contributed by atoms with Crippen molar-refractivity contribution in [2.75, 3.05) is 20.8 Å². The van der Waals surface area contributed by atoms with Gasteiger partial charge in [0.05, 0.1) is 32.1 Å². The number of hydrazone groups is 1. The summed E-state index contributed by atoms with van der Waals surface area (Å²) in [6.45, 7) is 2.50. The van der Waals surface area contributed by atoms with Gasteiger partial charge < -0.3 is 18.9 Å². The molecule has 7 nitrogen and oxygen atoms in total. The normalized spacial score (nSPS) is 10.7. The topological polar surface area (TPSA) is 78.4 Å². The standard InChI is InChI=1S/C25H24Cl2N2O5/c1-4-33-23-12-16(11-20(27)24(23)34-15-18-7-5-6-8-19(18)26)14-28-29-25(30)17-9-10-21(31-2)22(13-17)32-3/h5-14H,4,15H2,1-3H3,(H,29,30)/b28-14+. The summed E-state index contributed by atoms with van der Waals surface area (Å²) in [7, 11) is 3.02. The number of halogens is 2. The molecule has 0 heterocycles. The highest BCUT2D eigenvalue weighted by Gasteiger charge is 2.14. The van der Waals surface area contributed by atoms with Crippen LogP contribution >= 0.6 is 23.2 Å². The van der Waals surface area contributed by atoms with Gasteiger partial charge in [-0.15, -0.1) is 0 Å². The van der Waals surface area contributed by atoms with Crippen LogP contribution < -0.4 is 24.4 Å². The number of amides is 1. The maximum Gasteiger partial charge on any atom is 0.271 e. The second-order valence-electron chi connectivity index (χ2n) is 6.91. The molecular weight excluding hydrogens is 479 g/mol. The number of ether oxygens (including phenoxy) is 4. The SMILES string of the molecule is CCOc1cc(/C=N/NC(=O)c2ccc(OC)c(OC)c2)cc(Cl)c1OCc1ccccc1Cl. The van der Waals surface area contributed by atoms with Gasteiger partial charge in [0.2, 0.25) is 0 Å². The maximum atomic E-state index is 12.4. The number of nitrogens with one attached hydrogen (secondary N) is 1. The summed E-state index contributed by atoms with van der Waals surface area (Å²) in [4.78, 5) is 12.4. The molecule has 0 aliphatic carbocycles. The fourth-order valence-electron chi connectivity index (χ4n) is 3.04. The van der Waals surface area contributed by atoms with Crippen molar-refractivity contribution >= 4 is 35.3 Å². The summed E-state index contributed by atoms with van der Waals surface area (Å²) in [5.74, 6) is 1.41. The molecule has 1 amide bonds. The van der Waals surface area contributed by atoms with Gasteiger partial charge in [-0.3, -0.25) is 4.79 Å². The van der Waals surface area contributed by atoms with Crippen LogP contribution in [0.4, 0.5) is 0 Å². The number of hydrogen-bond acceptors (Lipinski definition) is 6. The summed E-state index contributed by atoms with van der Waals surface area (Å²) in [6, 6.07) is 15.6. The molecule has 1 N–H and O–H groups in total. The molecule has 3 rings (SSSR count). The lowest BCUT2D eigenvalue weighted by Gasteiger charge is -2.15. The van der Waals surface area contributed by atoms with E-state index in [1.54, 1.807) is 36.4 Å². The first-order chi connectivity index (χ1) is 16.5. The monoisotopic (exact) mass is 502 g/mol. The number of carbonyl (C=O) groups excluding carboxylic acids is 1. The fourth-order valence-corrected chi connectivity index (χ4v) is 3.50. The molecule has 0 aliphatic heterocycles. The molecule has 3 aromatic rings. The Bertz CT molecular complexity index is 1180. The number of methoxy groups -OCH3 is 2.